The van der Waals surface area contributed by atoms with Gasteiger partial charge in [0, 0.05) is 0 Å². The van der Waals surface area contributed by atoms with Gasteiger partial charge in [-0.15, -0.1) is 0 Å². The van der Waals surface area contributed by atoms with E-state index >= 15 is 0 Å². The number of amides is 4. The van der Waals surface area contributed by atoms with Gasteiger partial charge in [-0.05, 0) is 24.2 Å². The van der Waals surface area contributed by atoms with Gasteiger partial charge in [0.15, 0.2) is 0 Å². The van der Waals surface area contributed by atoms with E-state index in [2.05, 4.69) is 16.0 Å². The summed E-state index contributed by atoms with van der Waals surface area (Å²) in [7, 11) is 0. The molecule has 11 nitrogen and oxygen atoms in total. The van der Waals surface area contributed by atoms with Gasteiger partial charge in [-0.25, -0.2) is 4.79 Å². The molecule has 0 aromatic carbocycles. The van der Waals surface area contributed by atoms with E-state index in [1.165, 1.54) is 0 Å². The van der Waals surface area contributed by atoms with E-state index in [0.717, 1.165) is 0 Å². The lowest BCUT2D eigenvalue weighted by Crippen LogP contribution is -2.59. The third kappa shape index (κ3) is 10.1. The topological polar surface area (TPSA) is 194 Å². The standard InChI is InChI=1S/C21H39N5O6/c1-7-12(6)17(26-19(29)16(23)11(4)5)20(30)24-13(9-15(22)27)18(28)25-14(21(31)32)8-10(2)3/h10-14,16-17H,7-9,23H2,1-6H3,(H2,22,27)(H,24,30)(H,25,28)(H,26,29)(H,31,32). The van der Waals surface area contributed by atoms with Crippen LogP contribution in [0.25, 0.3) is 0 Å². The first-order chi connectivity index (χ1) is 14.7. The van der Waals surface area contributed by atoms with Crippen LogP contribution < -0.4 is 27.4 Å². The number of nitrogens with one attached hydrogen (secondary N) is 3. The largest absolute Gasteiger partial charge is 0.480 e. The van der Waals surface area contributed by atoms with Gasteiger partial charge in [0.2, 0.25) is 23.6 Å². The van der Waals surface area contributed by atoms with E-state index < -0.39 is 60.2 Å². The molecular weight excluding hydrogens is 418 g/mol. The summed E-state index contributed by atoms with van der Waals surface area (Å²) in [5.41, 5.74) is 11.1. The molecular formula is C21H39N5O6. The van der Waals surface area contributed by atoms with Gasteiger partial charge in [-0.1, -0.05) is 48.0 Å². The molecule has 4 amide bonds. The Morgan fingerprint density at radius 3 is 1.78 bits per heavy atom. The molecule has 11 heteroatoms. The molecule has 0 aliphatic rings. The van der Waals surface area contributed by atoms with Gasteiger partial charge in [-0.2, -0.15) is 0 Å². The maximum Gasteiger partial charge on any atom is 0.326 e. The van der Waals surface area contributed by atoms with Crippen molar-refractivity contribution in [3.05, 3.63) is 0 Å². The number of aliphatic carboxylic acids is 1. The molecule has 0 saturated heterocycles. The number of hydrogen-bond acceptors (Lipinski definition) is 6. The minimum absolute atomic E-state index is 0.0178. The minimum Gasteiger partial charge on any atom is -0.480 e. The van der Waals surface area contributed by atoms with Crippen molar-refractivity contribution >= 4 is 29.6 Å². The molecule has 0 rings (SSSR count). The molecule has 0 aliphatic carbocycles. The Morgan fingerprint density at radius 2 is 1.38 bits per heavy atom. The Balaban J connectivity index is 5.59. The summed E-state index contributed by atoms with van der Waals surface area (Å²) < 4.78 is 0. The average molecular weight is 458 g/mol. The Morgan fingerprint density at radius 1 is 0.844 bits per heavy atom. The lowest BCUT2D eigenvalue weighted by atomic mass is 9.96. The molecule has 0 bridgehead atoms. The maximum absolute atomic E-state index is 13.0. The van der Waals surface area contributed by atoms with Crippen molar-refractivity contribution < 1.29 is 29.1 Å². The molecule has 32 heavy (non-hydrogen) atoms. The first-order valence-electron chi connectivity index (χ1n) is 10.9. The van der Waals surface area contributed by atoms with Crippen molar-refractivity contribution in [1.82, 2.24) is 16.0 Å². The van der Waals surface area contributed by atoms with Crippen LogP contribution in [0.4, 0.5) is 0 Å². The highest BCUT2D eigenvalue weighted by molar-refractivity contribution is 5.96. The normalized spacial score (nSPS) is 15.9. The van der Waals surface area contributed by atoms with E-state index in [0.29, 0.717) is 6.42 Å². The molecule has 0 fully saturated rings. The molecule has 0 aromatic rings. The van der Waals surface area contributed by atoms with E-state index in [1.807, 2.05) is 6.92 Å². The van der Waals surface area contributed by atoms with Crippen molar-refractivity contribution in [2.75, 3.05) is 0 Å². The van der Waals surface area contributed by atoms with E-state index in [9.17, 15) is 29.1 Å². The highest BCUT2D eigenvalue weighted by atomic mass is 16.4. The van der Waals surface area contributed by atoms with Crippen LogP contribution in [-0.2, 0) is 24.0 Å². The van der Waals surface area contributed by atoms with Crippen molar-refractivity contribution in [2.45, 2.75) is 85.0 Å². The summed E-state index contributed by atoms with van der Waals surface area (Å²) in [6.07, 6.45) is 0.173. The number of carbonyl (C=O) groups is 5. The lowest BCUT2D eigenvalue weighted by molar-refractivity contribution is -0.143. The second-order valence-electron chi connectivity index (χ2n) is 8.90. The number of carbonyl (C=O) groups excluding carboxylic acids is 4. The minimum atomic E-state index is -1.39. The van der Waals surface area contributed by atoms with Crippen molar-refractivity contribution in [1.29, 1.82) is 0 Å². The van der Waals surface area contributed by atoms with Gasteiger partial charge in [0.1, 0.15) is 18.1 Å². The maximum atomic E-state index is 13.0. The van der Waals surface area contributed by atoms with Crippen molar-refractivity contribution in [2.24, 2.45) is 29.2 Å². The highest BCUT2D eigenvalue weighted by Gasteiger charge is 2.33. The Labute approximate surface area is 189 Å². The highest BCUT2D eigenvalue weighted by Crippen LogP contribution is 2.11. The Kier molecular flexibility index (Phi) is 12.5. The van der Waals surface area contributed by atoms with Crippen LogP contribution in [-0.4, -0.2) is 58.9 Å². The van der Waals surface area contributed by atoms with Gasteiger partial charge >= 0.3 is 5.97 Å². The quantitative estimate of drug-likeness (QED) is 0.202. The predicted molar refractivity (Wildman–Crippen MR) is 119 cm³/mol. The summed E-state index contributed by atoms with van der Waals surface area (Å²) in [5.74, 6) is -4.62. The lowest BCUT2D eigenvalue weighted by Gasteiger charge is -2.28. The fraction of sp³-hybridized carbons (Fsp3) is 0.762. The molecule has 0 saturated carbocycles. The Hall–Kier alpha value is -2.69. The van der Waals surface area contributed by atoms with Gasteiger partial charge < -0.3 is 32.5 Å². The number of carboxylic acid groups (broad SMARTS) is 1. The Bertz CT molecular complexity index is 682. The first-order valence-corrected chi connectivity index (χ1v) is 10.9. The number of hydrogen-bond donors (Lipinski definition) is 6. The predicted octanol–water partition coefficient (Wildman–Crippen LogP) is -0.524. The zero-order valence-corrected chi connectivity index (χ0v) is 19.8. The van der Waals surface area contributed by atoms with E-state index in [4.69, 9.17) is 11.5 Å². The zero-order valence-electron chi connectivity index (χ0n) is 19.8. The van der Waals surface area contributed by atoms with E-state index in [1.54, 1.807) is 34.6 Å². The van der Waals surface area contributed by atoms with Gasteiger partial charge in [0.25, 0.3) is 0 Å². The SMILES string of the molecule is CCC(C)C(NC(=O)C(N)C(C)C)C(=O)NC(CC(N)=O)C(=O)NC(CC(C)C)C(=O)O. The zero-order chi connectivity index (χ0) is 25.2. The molecule has 0 heterocycles. The monoisotopic (exact) mass is 457 g/mol. The average Bonchev–Trinajstić information content (AvgIpc) is 2.68. The molecule has 0 spiro atoms. The van der Waals surface area contributed by atoms with Gasteiger partial charge in [-0.3, -0.25) is 19.2 Å². The van der Waals surface area contributed by atoms with Crippen LogP contribution in [0, 0.1) is 17.8 Å². The third-order valence-corrected chi connectivity index (χ3v) is 5.17. The number of primary amides is 1. The third-order valence-electron chi connectivity index (χ3n) is 5.17. The number of nitrogens with two attached hydrogens (primary N) is 2. The van der Waals surface area contributed by atoms with Crippen LogP contribution in [0.5, 0.6) is 0 Å². The smallest absolute Gasteiger partial charge is 0.326 e. The van der Waals surface area contributed by atoms with Crippen LogP contribution in [0.3, 0.4) is 0 Å². The summed E-state index contributed by atoms with van der Waals surface area (Å²) in [5, 5.41) is 16.7. The van der Waals surface area contributed by atoms with Gasteiger partial charge in [0.05, 0.1) is 12.5 Å². The molecule has 5 unspecified atom stereocenters. The second-order valence-corrected chi connectivity index (χ2v) is 8.90. The van der Waals surface area contributed by atoms with Crippen LogP contribution in [0.1, 0.15) is 60.8 Å². The fourth-order valence-corrected chi connectivity index (χ4v) is 2.89. The number of carboxylic acids is 1. The summed E-state index contributed by atoms with van der Waals surface area (Å²) in [6.45, 7) is 10.7. The van der Waals surface area contributed by atoms with E-state index in [-0.39, 0.29) is 24.2 Å². The van der Waals surface area contributed by atoms with Crippen LogP contribution in [0.15, 0.2) is 0 Å². The molecule has 0 aromatic heterocycles. The van der Waals surface area contributed by atoms with Crippen molar-refractivity contribution in [3.63, 3.8) is 0 Å². The second kappa shape index (κ2) is 13.7. The summed E-state index contributed by atoms with van der Waals surface area (Å²) in [6, 6.07) is -4.42. The van der Waals surface area contributed by atoms with Crippen molar-refractivity contribution in [3.8, 4) is 0 Å². The van der Waals surface area contributed by atoms with Crippen LogP contribution in [0.2, 0.25) is 0 Å². The molecule has 8 N–H and O–H groups in total. The summed E-state index contributed by atoms with van der Waals surface area (Å²) >= 11 is 0. The molecule has 0 aliphatic heterocycles. The first kappa shape index (κ1) is 29.3. The summed E-state index contributed by atoms with van der Waals surface area (Å²) in [4.78, 5) is 61.0. The molecule has 184 valence electrons. The fourth-order valence-electron chi connectivity index (χ4n) is 2.89. The molecule has 0 radical (unpaired) electrons. The number of rotatable bonds is 14. The molecule has 5 atom stereocenters. The van der Waals surface area contributed by atoms with Crippen LogP contribution >= 0.6 is 0 Å².